The van der Waals surface area contributed by atoms with Crippen molar-refractivity contribution in [2.75, 3.05) is 0 Å². The van der Waals surface area contributed by atoms with Crippen molar-refractivity contribution >= 4 is 45.0 Å². The molecule has 4 heterocycles. The number of furan rings is 2. The van der Waals surface area contributed by atoms with Crippen molar-refractivity contribution in [3.8, 4) is 44.9 Å². The van der Waals surface area contributed by atoms with Crippen molar-refractivity contribution < 1.29 is 8.83 Å². The second kappa shape index (κ2) is 8.91. The lowest BCUT2D eigenvalue weighted by molar-refractivity contribution is 0.586. The van der Waals surface area contributed by atoms with Crippen molar-refractivity contribution in [3.63, 3.8) is 0 Å². The quantitative estimate of drug-likeness (QED) is 0.190. The molecule has 3 heteroatoms. The van der Waals surface area contributed by atoms with Gasteiger partial charge in [-0.25, -0.2) is 0 Å². The molecule has 0 fully saturated rings. The summed E-state index contributed by atoms with van der Waals surface area (Å²) in [6, 6.07) is 37.5. The molecule has 2 nitrogen and oxygen atoms in total. The minimum absolute atomic E-state index is 0.0388. The second-order valence-corrected chi connectivity index (χ2v) is 14.9. The van der Waals surface area contributed by atoms with Crippen LogP contribution in [-0.2, 0) is 10.8 Å². The SMILES string of the molecule is CC(C)(C)c1cc2c3c(c(-c4ccccc4)oc3c1)-c1cccc3c1B2c1cc(C(C)(C)C)cc2oc(-c4ccccc4)c-3c12. The fourth-order valence-corrected chi connectivity index (χ4v) is 7.73. The van der Waals surface area contributed by atoms with E-state index in [-0.39, 0.29) is 17.5 Å². The highest BCUT2D eigenvalue weighted by Crippen LogP contribution is 2.48. The van der Waals surface area contributed by atoms with Gasteiger partial charge in [0.1, 0.15) is 22.7 Å². The van der Waals surface area contributed by atoms with E-state index in [1.807, 2.05) is 0 Å². The Morgan fingerprint density at radius 3 is 1.31 bits per heavy atom. The van der Waals surface area contributed by atoms with Crippen molar-refractivity contribution in [2.24, 2.45) is 0 Å². The Labute approximate surface area is 264 Å². The molecule has 0 saturated carbocycles. The van der Waals surface area contributed by atoms with E-state index in [0.29, 0.717) is 0 Å². The molecular weight excluding hydrogens is 547 g/mol. The van der Waals surface area contributed by atoms with Crippen LogP contribution in [-0.4, -0.2) is 6.71 Å². The maximum atomic E-state index is 6.93. The number of hydrogen-bond acceptors (Lipinski definition) is 2. The molecule has 0 spiro atoms. The molecule has 0 bridgehead atoms. The van der Waals surface area contributed by atoms with E-state index in [1.54, 1.807) is 0 Å². The van der Waals surface area contributed by atoms with Gasteiger partial charge >= 0.3 is 0 Å². The van der Waals surface area contributed by atoms with Gasteiger partial charge in [0.2, 0.25) is 6.71 Å². The predicted molar refractivity (Wildman–Crippen MR) is 190 cm³/mol. The summed E-state index contributed by atoms with van der Waals surface area (Å²) in [5.41, 5.74) is 15.6. The molecule has 45 heavy (non-hydrogen) atoms. The van der Waals surface area contributed by atoms with Gasteiger partial charge in [-0.05, 0) is 45.2 Å². The normalized spacial score (nSPS) is 13.5. The van der Waals surface area contributed by atoms with Crippen LogP contribution in [0.5, 0.6) is 0 Å². The van der Waals surface area contributed by atoms with Crippen LogP contribution in [0.3, 0.4) is 0 Å². The average Bonchev–Trinajstić information content (AvgIpc) is 3.61. The van der Waals surface area contributed by atoms with Gasteiger partial charge in [-0.3, -0.25) is 0 Å². The van der Waals surface area contributed by atoms with Gasteiger partial charge in [0, 0.05) is 33.0 Å². The predicted octanol–water partition coefficient (Wildman–Crippen LogP) is 9.58. The van der Waals surface area contributed by atoms with Crippen LogP contribution in [0.4, 0.5) is 0 Å². The van der Waals surface area contributed by atoms with E-state index in [4.69, 9.17) is 8.83 Å². The van der Waals surface area contributed by atoms with E-state index < -0.39 is 0 Å². The number of hydrogen-bond donors (Lipinski definition) is 0. The molecule has 0 N–H and O–H groups in total. The molecule has 0 aliphatic carbocycles. The van der Waals surface area contributed by atoms with Gasteiger partial charge in [0.05, 0.1) is 0 Å². The third-order valence-electron chi connectivity index (χ3n) is 10.0. The van der Waals surface area contributed by atoms with E-state index in [2.05, 4.69) is 145 Å². The summed E-state index contributed by atoms with van der Waals surface area (Å²) in [6.45, 7) is 13.8. The summed E-state index contributed by atoms with van der Waals surface area (Å²) >= 11 is 0. The third-order valence-corrected chi connectivity index (χ3v) is 10.0. The summed E-state index contributed by atoms with van der Waals surface area (Å²) in [6.07, 6.45) is 0. The first-order chi connectivity index (χ1) is 21.6. The highest BCUT2D eigenvalue weighted by molar-refractivity contribution is 7.01. The minimum Gasteiger partial charge on any atom is -0.455 e. The van der Waals surface area contributed by atoms with Gasteiger partial charge < -0.3 is 8.83 Å². The van der Waals surface area contributed by atoms with Gasteiger partial charge in [-0.2, -0.15) is 0 Å². The molecule has 0 radical (unpaired) electrons. The Hall–Kier alpha value is -4.76. The van der Waals surface area contributed by atoms with Gasteiger partial charge in [0.15, 0.2) is 0 Å². The maximum Gasteiger partial charge on any atom is 0.244 e. The maximum absolute atomic E-state index is 6.93. The van der Waals surface area contributed by atoms with E-state index in [1.165, 1.54) is 60.5 Å². The Morgan fingerprint density at radius 1 is 0.489 bits per heavy atom. The zero-order valence-electron chi connectivity index (χ0n) is 26.7. The number of fused-ring (bicyclic) bond motifs is 4. The molecule has 5 aromatic carbocycles. The Morgan fingerprint density at radius 2 is 0.911 bits per heavy atom. The first-order valence-corrected chi connectivity index (χ1v) is 16.1. The van der Waals surface area contributed by atoms with E-state index in [9.17, 15) is 0 Å². The molecule has 0 saturated heterocycles. The topological polar surface area (TPSA) is 26.3 Å². The monoisotopic (exact) mass is 582 g/mol. The van der Waals surface area contributed by atoms with Crippen LogP contribution in [0.15, 0.2) is 112 Å². The lowest BCUT2D eigenvalue weighted by Crippen LogP contribution is -2.57. The van der Waals surface area contributed by atoms with Crippen LogP contribution in [0.2, 0.25) is 0 Å². The molecule has 0 unspecified atom stereocenters. The fraction of sp³-hybridized carbons (Fsp3) is 0.190. The smallest absolute Gasteiger partial charge is 0.244 e. The van der Waals surface area contributed by atoms with E-state index in [0.717, 1.165) is 33.8 Å². The second-order valence-electron chi connectivity index (χ2n) is 14.9. The molecule has 218 valence electrons. The van der Waals surface area contributed by atoms with Crippen LogP contribution in [0.25, 0.3) is 66.8 Å². The van der Waals surface area contributed by atoms with Crippen LogP contribution < -0.4 is 16.4 Å². The van der Waals surface area contributed by atoms with Crippen LogP contribution in [0.1, 0.15) is 52.7 Å². The molecule has 2 aliphatic heterocycles. The zero-order valence-corrected chi connectivity index (χ0v) is 26.7. The molecule has 2 aliphatic rings. The lowest BCUT2D eigenvalue weighted by Gasteiger charge is -2.33. The summed E-state index contributed by atoms with van der Waals surface area (Å²) in [7, 11) is 0. The number of benzene rings is 5. The summed E-state index contributed by atoms with van der Waals surface area (Å²) in [4.78, 5) is 0. The largest absolute Gasteiger partial charge is 0.455 e. The van der Waals surface area contributed by atoms with Gasteiger partial charge in [-0.15, -0.1) is 0 Å². The molecule has 7 aromatic rings. The summed E-state index contributed by atoms with van der Waals surface area (Å²) in [5.74, 6) is 1.89. The van der Waals surface area contributed by atoms with Crippen molar-refractivity contribution in [1.82, 2.24) is 0 Å². The lowest BCUT2D eigenvalue weighted by atomic mass is 9.31. The fourth-order valence-electron chi connectivity index (χ4n) is 7.73. The van der Waals surface area contributed by atoms with Gasteiger partial charge in [-0.1, -0.05) is 149 Å². The highest BCUT2D eigenvalue weighted by Gasteiger charge is 2.43. The van der Waals surface area contributed by atoms with Gasteiger partial charge in [0.25, 0.3) is 0 Å². The Bertz CT molecular complexity index is 2160. The van der Waals surface area contributed by atoms with Crippen molar-refractivity contribution in [3.05, 3.63) is 114 Å². The molecular formula is C42H35BO2. The van der Waals surface area contributed by atoms with Crippen molar-refractivity contribution in [2.45, 2.75) is 52.4 Å². The highest BCUT2D eigenvalue weighted by atomic mass is 16.3. The first-order valence-electron chi connectivity index (χ1n) is 16.1. The van der Waals surface area contributed by atoms with Crippen LogP contribution >= 0.6 is 0 Å². The third kappa shape index (κ3) is 3.70. The van der Waals surface area contributed by atoms with Crippen molar-refractivity contribution in [1.29, 1.82) is 0 Å². The minimum atomic E-state index is -0.0388. The van der Waals surface area contributed by atoms with E-state index >= 15 is 0 Å². The molecule has 2 aromatic heterocycles. The molecule has 9 rings (SSSR count). The summed E-state index contributed by atoms with van der Waals surface area (Å²) < 4.78 is 13.9. The standard InChI is InChI=1S/C42H35BO2/c1-41(2,3)26-20-30-36-32(22-26)44-39(24-14-9-7-10-15-24)34(36)28-18-13-19-29-35-37-31(43(30)38(28)29)21-27(42(4,5)6)23-33(37)45-40(35)25-16-11-8-12-17-25/h7-23H,1-6H3. The van der Waals surface area contributed by atoms with Crippen LogP contribution in [0, 0.1) is 0 Å². The Kier molecular flexibility index (Phi) is 5.28. The number of rotatable bonds is 2. The summed E-state index contributed by atoms with van der Waals surface area (Å²) in [5, 5.41) is 2.47. The molecule has 0 amide bonds. The average molecular weight is 583 g/mol. The Balaban J connectivity index is 1.48. The zero-order chi connectivity index (χ0) is 30.8. The first kappa shape index (κ1) is 26.6. The molecule has 0 atom stereocenters.